The van der Waals surface area contributed by atoms with Gasteiger partial charge in [-0.25, -0.2) is 4.98 Å². The molecule has 0 bridgehead atoms. The molecule has 0 atom stereocenters. The summed E-state index contributed by atoms with van der Waals surface area (Å²) < 4.78 is 10.8. The molecule has 7 heteroatoms. The van der Waals surface area contributed by atoms with Crippen LogP contribution in [0.1, 0.15) is 6.92 Å². The van der Waals surface area contributed by atoms with Crippen LogP contribution in [0.15, 0.2) is 29.6 Å². The van der Waals surface area contributed by atoms with Gasteiger partial charge in [0.05, 0.1) is 32.1 Å². The van der Waals surface area contributed by atoms with E-state index in [2.05, 4.69) is 15.2 Å². The number of hydrogen-bond acceptors (Lipinski definition) is 6. The normalized spacial score (nSPS) is 15.2. The third-order valence-corrected chi connectivity index (χ3v) is 4.42. The summed E-state index contributed by atoms with van der Waals surface area (Å²) in [7, 11) is 0. The van der Waals surface area contributed by atoms with Crippen LogP contribution in [0.4, 0.5) is 5.13 Å². The quantitative estimate of drug-likeness (QED) is 0.870. The Morgan fingerprint density at radius 3 is 3.04 bits per heavy atom. The minimum Gasteiger partial charge on any atom is -0.494 e. The van der Waals surface area contributed by atoms with Crippen LogP contribution in [-0.2, 0) is 9.53 Å². The number of ether oxygens (including phenoxy) is 2. The summed E-state index contributed by atoms with van der Waals surface area (Å²) in [4.78, 5) is 18.7. The van der Waals surface area contributed by atoms with E-state index < -0.39 is 0 Å². The van der Waals surface area contributed by atoms with Gasteiger partial charge in [-0.3, -0.25) is 9.69 Å². The molecule has 1 fully saturated rings. The summed E-state index contributed by atoms with van der Waals surface area (Å²) in [6.07, 6.45) is 0. The third kappa shape index (κ3) is 4.53. The number of aromatic nitrogens is 1. The van der Waals surface area contributed by atoms with Gasteiger partial charge in [0.25, 0.3) is 0 Å². The number of carbonyl (C=O) groups excluding carboxylic acids is 1. The van der Waals surface area contributed by atoms with Gasteiger partial charge in [0.2, 0.25) is 5.91 Å². The zero-order valence-electron chi connectivity index (χ0n) is 13.7. The van der Waals surface area contributed by atoms with Crippen molar-refractivity contribution in [2.24, 2.45) is 0 Å². The van der Waals surface area contributed by atoms with Crippen LogP contribution >= 0.6 is 11.3 Å². The van der Waals surface area contributed by atoms with Crippen LogP contribution in [0.5, 0.6) is 5.75 Å². The SMILES string of the molecule is CCOc1cccc(-c2csc(NC(=O)CN3CCOCC3)n2)c1. The molecule has 128 valence electrons. The maximum Gasteiger partial charge on any atom is 0.240 e. The zero-order chi connectivity index (χ0) is 16.8. The number of nitrogens with zero attached hydrogens (tertiary/aromatic N) is 2. The molecule has 1 aliphatic heterocycles. The smallest absolute Gasteiger partial charge is 0.240 e. The Labute approximate surface area is 145 Å². The molecule has 0 radical (unpaired) electrons. The fourth-order valence-electron chi connectivity index (χ4n) is 2.50. The number of anilines is 1. The van der Waals surface area contributed by atoms with Crippen molar-refractivity contribution in [2.45, 2.75) is 6.92 Å². The van der Waals surface area contributed by atoms with Gasteiger partial charge in [-0.15, -0.1) is 11.3 Å². The second-order valence-corrected chi connectivity index (χ2v) is 6.29. The van der Waals surface area contributed by atoms with E-state index >= 15 is 0 Å². The molecule has 6 nitrogen and oxygen atoms in total. The molecule has 0 saturated carbocycles. The first-order valence-electron chi connectivity index (χ1n) is 8.03. The van der Waals surface area contributed by atoms with Gasteiger partial charge in [-0.2, -0.15) is 0 Å². The van der Waals surface area contributed by atoms with Crippen LogP contribution in [0, 0.1) is 0 Å². The van der Waals surface area contributed by atoms with Gasteiger partial charge < -0.3 is 14.8 Å². The number of thiazole rings is 1. The molecule has 1 aromatic heterocycles. The molecule has 1 saturated heterocycles. The van der Waals surface area contributed by atoms with Gasteiger partial charge in [0.1, 0.15) is 5.75 Å². The van der Waals surface area contributed by atoms with Crippen molar-refractivity contribution in [3.8, 4) is 17.0 Å². The molecular weight excluding hydrogens is 326 g/mol. The van der Waals surface area contributed by atoms with Gasteiger partial charge >= 0.3 is 0 Å². The number of morpholine rings is 1. The lowest BCUT2D eigenvalue weighted by Crippen LogP contribution is -2.41. The Hall–Kier alpha value is -1.96. The first-order valence-corrected chi connectivity index (χ1v) is 8.91. The van der Waals surface area contributed by atoms with Crippen molar-refractivity contribution < 1.29 is 14.3 Å². The van der Waals surface area contributed by atoms with Crippen LogP contribution in [0.2, 0.25) is 0 Å². The number of rotatable bonds is 6. The lowest BCUT2D eigenvalue weighted by Gasteiger charge is -2.25. The van der Waals surface area contributed by atoms with Crippen molar-refractivity contribution in [3.05, 3.63) is 29.6 Å². The van der Waals surface area contributed by atoms with E-state index in [1.807, 2.05) is 36.6 Å². The van der Waals surface area contributed by atoms with E-state index in [0.29, 0.717) is 31.5 Å². The second-order valence-electron chi connectivity index (χ2n) is 5.44. The average Bonchev–Trinajstić information content (AvgIpc) is 3.05. The van der Waals surface area contributed by atoms with Crippen molar-refractivity contribution in [1.29, 1.82) is 0 Å². The predicted octanol–water partition coefficient (Wildman–Crippen LogP) is 2.48. The Kier molecular flexibility index (Phi) is 5.79. The lowest BCUT2D eigenvalue weighted by atomic mass is 10.2. The fraction of sp³-hybridized carbons (Fsp3) is 0.412. The van der Waals surface area contributed by atoms with E-state index in [0.717, 1.165) is 30.1 Å². The number of hydrogen-bond donors (Lipinski definition) is 1. The highest BCUT2D eigenvalue weighted by molar-refractivity contribution is 7.14. The number of nitrogens with one attached hydrogen (secondary N) is 1. The summed E-state index contributed by atoms with van der Waals surface area (Å²) in [5.74, 6) is 0.779. The summed E-state index contributed by atoms with van der Waals surface area (Å²) >= 11 is 1.43. The van der Waals surface area contributed by atoms with Crippen molar-refractivity contribution in [3.63, 3.8) is 0 Å². The molecule has 0 unspecified atom stereocenters. The van der Waals surface area contributed by atoms with E-state index in [1.54, 1.807) is 0 Å². The summed E-state index contributed by atoms with van der Waals surface area (Å²) in [5.41, 5.74) is 1.81. The molecule has 0 aliphatic carbocycles. The zero-order valence-corrected chi connectivity index (χ0v) is 14.5. The highest BCUT2D eigenvalue weighted by Crippen LogP contribution is 2.27. The van der Waals surface area contributed by atoms with E-state index in [1.165, 1.54) is 11.3 Å². The number of amides is 1. The lowest BCUT2D eigenvalue weighted by molar-refractivity contribution is -0.118. The van der Waals surface area contributed by atoms with Crippen LogP contribution in [-0.4, -0.2) is 55.2 Å². The molecule has 2 aromatic rings. The molecule has 3 rings (SSSR count). The Morgan fingerprint density at radius 1 is 1.42 bits per heavy atom. The second kappa shape index (κ2) is 8.23. The minimum absolute atomic E-state index is 0.0409. The van der Waals surface area contributed by atoms with Crippen molar-refractivity contribution >= 4 is 22.4 Å². The summed E-state index contributed by atoms with van der Waals surface area (Å²) in [5, 5.41) is 5.43. The molecule has 1 aliphatic rings. The molecule has 1 N–H and O–H groups in total. The molecule has 1 amide bonds. The molecule has 0 spiro atoms. The number of carbonyl (C=O) groups is 1. The fourth-order valence-corrected chi connectivity index (χ4v) is 3.23. The maximum atomic E-state index is 12.1. The monoisotopic (exact) mass is 347 g/mol. The van der Waals surface area contributed by atoms with Gasteiger partial charge in [0.15, 0.2) is 5.13 Å². The topological polar surface area (TPSA) is 63.7 Å². The molecular formula is C17H21N3O3S. The van der Waals surface area contributed by atoms with Crippen LogP contribution in [0.25, 0.3) is 11.3 Å². The Morgan fingerprint density at radius 2 is 2.25 bits per heavy atom. The first-order chi connectivity index (χ1) is 11.7. The number of benzene rings is 1. The van der Waals surface area contributed by atoms with Gasteiger partial charge in [-0.05, 0) is 19.1 Å². The van der Waals surface area contributed by atoms with E-state index in [9.17, 15) is 4.79 Å². The van der Waals surface area contributed by atoms with E-state index in [4.69, 9.17) is 9.47 Å². The van der Waals surface area contributed by atoms with Gasteiger partial charge in [0, 0.05) is 24.0 Å². The summed E-state index contributed by atoms with van der Waals surface area (Å²) in [6, 6.07) is 7.80. The highest BCUT2D eigenvalue weighted by atomic mass is 32.1. The highest BCUT2D eigenvalue weighted by Gasteiger charge is 2.15. The predicted molar refractivity (Wildman–Crippen MR) is 94.6 cm³/mol. The maximum absolute atomic E-state index is 12.1. The van der Waals surface area contributed by atoms with Crippen molar-refractivity contribution in [2.75, 3.05) is 44.8 Å². The first kappa shape index (κ1) is 16.9. The Bertz CT molecular complexity index is 683. The average molecular weight is 347 g/mol. The molecule has 1 aromatic carbocycles. The Balaban J connectivity index is 1.60. The third-order valence-electron chi connectivity index (χ3n) is 3.66. The molecule has 2 heterocycles. The van der Waals surface area contributed by atoms with E-state index in [-0.39, 0.29) is 5.91 Å². The molecule has 24 heavy (non-hydrogen) atoms. The summed E-state index contributed by atoms with van der Waals surface area (Å²) in [6.45, 7) is 5.91. The van der Waals surface area contributed by atoms with Crippen LogP contribution < -0.4 is 10.1 Å². The van der Waals surface area contributed by atoms with Crippen molar-refractivity contribution in [1.82, 2.24) is 9.88 Å². The van der Waals surface area contributed by atoms with Gasteiger partial charge in [-0.1, -0.05) is 12.1 Å². The largest absolute Gasteiger partial charge is 0.494 e. The van der Waals surface area contributed by atoms with Crippen LogP contribution in [0.3, 0.4) is 0 Å². The minimum atomic E-state index is -0.0409. The standard InChI is InChI=1S/C17H21N3O3S/c1-2-23-14-5-3-4-13(10-14)15-12-24-17(18-15)19-16(21)11-20-6-8-22-9-7-20/h3-5,10,12H,2,6-9,11H2,1H3,(H,18,19,21).